The number of carbonyl (C=O) groups excluding carboxylic acids is 2. The molecule has 0 aliphatic carbocycles. The van der Waals surface area contributed by atoms with Crippen LogP contribution >= 0.6 is 11.8 Å². The van der Waals surface area contributed by atoms with Gasteiger partial charge in [0.05, 0.1) is 5.75 Å². The second-order valence-corrected chi connectivity index (χ2v) is 8.66. The summed E-state index contributed by atoms with van der Waals surface area (Å²) in [4.78, 5) is 27.5. The molecule has 0 aliphatic rings. The monoisotopic (exact) mass is 430 g/mol. The highest BCUT2D eigenvalue weighted by atomic mass is 32.2. The SMILES string of the molecule is CC[C@H](C(=O)NC(C)C)N(Cc1ccc(C)cc1)C(=O)CSCc1ccccc1F. The molecule has 0 fully saturated rings. The first-order valence-corrected chi connectivity index (χ1v) is 11.4. The molecule has 0 heterocycles. The first-order chi connectivity index (χ1) is 14.3. The van der Waals surface area contributed by atoms with E-state index in [1.165, 1.54) is 17.8 Å². The number of amides is 2. The molecular formula is C24H31FN2O2S. The Bertz CT molecular complexity index is 839. The molecule has 0 aliphatic heterocycles. The number of benzene rings is 2. The van der Waals surface area contributed by atoms with E-state index in [2.05, 4.69) is 5.32 Å². The summed E-state index contributed by atoms with van der Waals surface area (Å²) in [5.74, 6) is 0.0590. The second kappa shape index (κ2) is 11.7. The van der Waals surface area contributed by atoms with Crippen molar-refractivity contribution in [2.45, 2.75) is 58.5 Å². The van der Waals surface area contributed by atoms with Crippen molar-refractivity contribution in [3.05, 3.63) is 71.0 Å². The predicted molar refractivity (Wildman–Crippen MR) is 122 cm³/mol. The molecule has 0 unspecified atom stereocenters. The molecule has 1 atom stereocenters. The molecular weight excluding hydrogens is 399 g/mol. The van der Waals surface area contributed by atoms with E-state index in [1.54, 1.807) is 23.1 Å². The van der Waals surface area contributed by atoms with E-state index >= 15 is 0 Å². The summed E-state index contributed by atoms with van der Waals surface area (Å²) in [7, 11) is 0. The molecule has 0 spiro atoms. The zero-order chi connectivity index (χ0) is 22.1. The standard InChI is InChI=1S/C24H31FN2O2S/c1-5-22(24(29)26-17(2)3)27(14-19-12-10-18(4)11-13-19)23(28)16-30-15-20-8-6-7-9-21(20)25/h6-13,17,22H,5,14-16H2,1-4H3,(H,26,29)/t22-/m1/s1. The molecule has 1 N–H and O–H groups in total. The predicted octanol–water partition coefficient (Wildman–Crippen LogP) is 4.70. The average molecular weight is 431 g/mol. The number of nitrogens with one attached hydrogen (secondary N) is 1. The van der Waals surface area contributed by atoms with Crippen LogP contribution in [-0.2, 0) is 21.9 Å². The number of halogens is 1. The zero-order valence-electron chi connectivity index (χ0n) is 18.2. The van der Waals surface area contributed by atoms with Crippen LogP contribution in [0.3, 0.4) is 0 Å². The van der Waals surface area contributed by atoms with Gasteiger partial charge in [0.25, 0.3) is 0 Å². The molecule has 0 bridgehead atoms. The minimum atomic E-state index is -0.546. The summed E-state index contributed by atoms with van der Waals surface area (Å²) in [6.45, 7) is 8.09. The summed E-state index contributed by atoms with van der Waals surface area (Å²) >= 11 is 1.36. The Morgan fingerprint density at radius 3 is 2.37 bits per heavy atom. The molecule has 0 saturated carbocycles. The Hall–Kier alpha value is -2.34. The molecule has 6 heteroatoms. The highest BCUT2D eigenvalue weighted by molar-refractivity contribution is 7.99. The first kappa shape index (κ1) is 23.9. The van der Waals surface area contributed by atoms with Gasteiger partial charge in [-0.1, -0.05) is 55.0 Å². The van der Waals surface area contributed by atoms with Crippen LogP contribution < -0.4 is 5.32 Å². The summed E-state index contributed by atoms with van der Waals surface area (Å²) < 4.78 is 13.8. The highest BCUT2D eigenvalue weighted by Crippen LogP contribution is 2.19. The fraction of sp³-hybridized carbons (Fsp3) is 0.417. The van der Waals surface area contributed by atoms with Gasteiger partial charge in [-0.2, -0.15) is 0 Å². The average Bonchev–Trinajstić information content (AvgIpc) is 2.70. The minimum Gasteiger partial charge on any atom is -0.352 e. The molecule has 2 rings (SSSR count). The van der Waals surface area contributed by atoms with Gasteiger partial charge in [-0.25, -0.2) is 4.39 Å². The fourth-order valence-electron chi connectivity index (χ4n) is 3.14. The maximum absolute atomic E-state index is 13.8. The number of nitrogens with zero attached hydrogens (tertiary/aromatic N) is 1. The molecule has 2 aromatic rings. The maximum Gasteiger partial charge on any atom is 0.243 e. The number of hydrogen-bond acceptors (Lipinski definition) is 3. The van der Waals surface area contributed by atoms with Crippen molar-refractivity contribution < 1.29 is 14.0 Å². The van der Waals surface area contributed by atoms with E-state index in [4.69, 9.17) is 0 Å². The van der Waals surface area contributed by atoms with E-state index < -0.39 is 6.04 Å². The quantitative estimate of drug-likeness (QED) is 0.594. The topological polar surface area (TPSA) is 49.4 Å². The Kier molecular flexibility index (Phi) is 9.37. The van der Waals surface area contributed by atoms with Crippen molar-refractivity contribution in [1.29, 1.82) is 0 Å². The van der Waals surface area contributed by atoms with Crippen LogP contribution in [0, 0.1) is 12.7 Å². The van der Waals surface area contributed by atoms with Gasteiger partial charge in [0.2, 0.25) is 11.8 Å². The molecule has 0 aromatic heterocycles. The van der Waals surface area contributed by atoms with Crippen molar-refractivity contribution in [1.82, 2.24) is 10.2 Å². The lowest BCUT2D eigenvalue weighted by Gasteiger charge is -2.31. The third-order valence-electron chi connectivity index (χ3n) is 4.73. The number of thioether (sulfide) groups is 1. The van der Waals surface area contributed by atoms with Gasteiger partial charge in [-0.05, 0) is 44.4 Å². The van der Waals surface area contributed by atoms with Crippen molar-refractivity contribution in [3.8, 4) is 0 Å². The Balaban J connectivity index is 2.13. The molecule has 0 radical (unpaired) electrons. The summed E-state index contributed by atoms with van der Waals surface area (Å²) in [5.41, 5.74) is 2.69. The van der Waals surface area contributed by atoms with Crippen LogP contribution in [-0.4, -0.2) is 34.6 Å². The zero-order valence-corrected chi connectivity index (χ0v) is 19.0. The fourth-order valence-corrected chi connectivity index (χ4v) is 4.03. The van der Waals surface area contributed by atoms with Crippen molar-refractivity contribution >= 4 is 23.6 Å². The van der Waals surface area contributed by atoms with E-state index in [1.807, 2.05) is 52.0 Å². The number of aryl methyl sites for hydroxylation is 1. The van der Waals surface area contributed by atoms with Gasteiger partial charge in [-0.15, -0.1) is 11.8 Å². The number of carbonyl (C=O) groups is 2. The van der Waals surface area contributed by atoms with Crippen LogP contribution in [0.5, 0.6) is 0 Å². The molecule has 162 valence electrons. The lowest BCUT2D eigenvalue weighted by atomic mass is 10.1. The summed E-state index contributed by atoms with van der Waals surface area (Å²) in [5, 5.41) is 2.92. The third kappa shape index (κ3) is 7.17. The lowest BCUT2D eigenvalue weighted by Crippen LogP contribution is -2.50. The Labute approximate surface area is 183 Å². The molecule has 0 saturated heterocycles. The molecule has 2 aromatic carbocycles. The number of rotatable bonds is 10. The largest absolute Gasteiger partial charge is 0.352 e. The van der Waals surface area contributed by atoms with Crippen molar-refractivity contribution in [2.75, 3.05) is 5.75 Å². The van der Waals surface area contributed by atoms with Gasteiger partial charge in [0.15, 0.2) is 0 Å². The van der Waals surface area contributed by atoms with Gasteiger partial charge in [0, 0.05) is 18.3 Å². The van der Waals surface area contributed by atoms with Crippen LogP contribution in [0.1, 0.15) is 43.9 Å². The van der Waals surface area contributed by atoms with Crippen molar-refractivity contribution in [2.24, 2.45) is 0 Å². The normalized spacial score (nSPS) is 11.9. The maximum atomic E-state index is 13.8. The first-order valence-electron chi connectivity index (χ1n) is 10.3. The van der Waals surface area contributed by atoms with Gasteiger partial charge in [-0.3, -0.25) is 9.59 Å². The lowest BCUT2D eigenvalue weighted by molar-refractivity contribution is -0.139. The Morgan fingerprint density at radius 2 is 1.77 bits per heavy atom. The molecule has 4 nitrogen and oxygen atoms in total. The van der Waals surface area contributed by atoms with Gasteiger partial charge < -0.3 is 10.2 Å². The Morgan fingerprint density at radius 1 is 1.10 bits per heavy atom. The highest BCUT2D eigenvalue weighted by Gasteiger charge is 2.28. The summed E-state index contributed by atoms with van der Waals surface area (Å²) in [6, 6.07) is 14.0. The van der Waals surface area contributed by atoms with Crippen LogP contribution in [0.2, 0.25) is 0 Å². The second-order valence-electron chi connectivity index (χ2n) is 7.68. The van der Waals surface area contributed by atoms with Crippen LogP contribution in [0.4, 0.5) is 4.39 Å². The van der Waals surface area contributed by atoms with E-state index in [9.17, 15) is 14.0 Å². The van der Waals surface area contributed by atoms with Gasteiger partial charge in [0.1, 0.15) is 11.9 Å². The smallest absolute Gasteiger partial charge is 0.243 e. The van der Waals surface area contributed by atoms with Crippen LogP contribution in [0.25, 0.3) is 0 Å². The summed E-state index contributed by atoms with van der Waals surface area (Å²) in [6.07, 6.45) is 0.522. The van der Waals surface area contributed by atoms with Crippen LogP contribution in [0.15, 0.2) is 48.5 Å². The molecule has 2 amide bonds. The molecule has 30 heavy (non-hydrogen) atoms. The third-order valence-corrected chi connectivity index (χ3v) is 5.70. The van der Waals surface area contributed by atoms with Gasteiger partial charge >= 0.3 is 0 Å². The van der Waals surface area contributed by atoms with E-state index in [0.29, 0.717) is 24.3 Å². The number of hydrogen-bond donors (Lipinski definition) is 1. The van der Waals surface area contributed by atoms with Crippen molar-refractivity contribution in [3.63, 3.8) is 0 Å². The van der Waals surface area contributed by atoms with E-state index in [0.717, 1.165) is 11.1 Å². The van der Waals surface area contributed by atoms with E-state index in [-0.39, 0.29) is 29.4 Å². The minimum absolute atomic E-state index is 0.00157.